The summed E-state index contributed by atoms with van der Waals surface area (Å²) in [5.41, 5.74) is 2.14. The van der Waals surface area contributed by atoms with Crippen LogP contribution in [0.2, 0.25) is 0 Å². The predicted octanol–water partition coefficient (Wildman–Crippen LogP) is 3.35. The van der Waals surface area contributed by atoms with Crippen molar-refractivity contribution in [1.82, 2.24) is 15.5 Å². The van der Waals surface area contributed by atoms with Crippen molar-refractivity contribution in [3.05, 3.63) is 29.7 Å². The molecule has 0 amide bonds. The average molecular weight is 291 g/mol. The standard InChI is InChI=1S/C15H21N3OS/c1-11-4-5-13(19-11)14-12(9-17-18-14)8-16-10-15(2)6-3-7-20-15/h4-5,9,16H,3,6-8,10H2,1-2H3,(H,17,18). The third-order valence-corrected chi connectivity index (χ3v) is 5.36. The van der Waals surface area contributed by atoms with Crippen LogP contribution < -0.4 is 5.32 Å². The summed E-state index contributed by atoms with van der Waals surface area (Å²) in [6.07, 6.45) is 4.52. The monoisotopic (exact) mass is 291 g/mol. The molecule has 4 nitrogen and oxygen atoms in total. The van der Waals surface area contributed by atoms with Crippen LogP contribution in [-0.4, -0.2) is 27.2 Å². The van der Waals surface area contributed by atoms with Gasteiger partial charge in [-0.3, -0.25) is 5.10 Å². The molecule has 2 aromatic rings. The van der Waals surface area contributed by atoms with E-state index in [0.29, 0.717) is 4.75 Å². The van der Waals surface area contributed by atoms with Gasteiger partial charge in [-0.25, -0.2) is 0 Å². The molecule has 5 heteroatoms. The maximum absolute atomic E-state index is 5.66. The Kier molecular flexibility index (Phi) is 3.89. The molecular weight excluding hydrogens is 270 g/mol. The highest BCUT2D eigenvalue weighted by atomic mass is 32.2. The summed E-state index contributed by atoms with van der Waals surface area (Å²) in [7, 11) is 0. The predicted molar refractivity (Wildman–Crippen MR) is 82.8 cm³/mol. The first-order valence-electron chi connectivity index (χ1n) is 7.10. The Morgan fingerprint density at radius 3 is 3.10 bits per heavy atom. The summed E-state index contributed by atoms with van der Waals surface area (Å²) < 4.78 is 6.06. The van der Waals surface area contributed by atoms with Crippen LogP contribution in [0.3, 0.4) is 0 Å². The summed E-state index contributed by atoms with van der Waals surface area (Å²) in [4.78, 5) is 0. The maximum atomic E-state index is 5.66. The van der Waals surface area contributed by atoms with E-state index < -0.39 is 0 Å². The topological polar surface area (TPSA) is 53.9 Å². The average Bonchev–Trinajstić information content (AvgIpc) is 3.11. The second kappa shape index (κ2) is 5.66. The molecule has 1 saturated heterocycles. The number of H-pyrrole nitrogens is 1. The Bertz CT molecular complexity index is 569. The normalized spacial score (nSPS) is 22.5. The number of aryl methyl sites for hydroxylation is 1. The Morgan fingerprint density at radius 2 is 2.40 bits per heavy atom. The number of aromatic amines is 1. The van der Waals surface area contributed by atoms with Gasteiger partial charge in [-0.05, 0) is 44.6 Å². The smallest absolute Gasteiger partial charge is 0.152 e. The van der Waals surface area contributed by atoms with E-state index in [1.54, 1.807) is 0 Å². The molecule has 2 aromatic heterocycles. The zero-order valence-corrected chi connectivity index (χ0v) is 12.8. The van der Waals surface area contributed by atoms with Crippen LogP contribution in [0, 0.1) is 6.92 Å². The second-order valence-electron chi connectivity index (χ2n) is 5.69. The summed E-state index contributed by atoms with van der Waals surface area (Å²) in [6, 6.07) is 3.96. The molecule has 20 heavy (non-hydrogen) atoms. The van der Waals surface area contributed by atoms with Gasteiger partial charge in [-0.2, -0.15) is 16.9 Å². The Balaban J connectivity index is 1.62. The number of nitrogens with zero attached hydrogens (tertiary/aromatic N) is 1. The molecule has 3 rings (SSSR count). The molecule has 0 bridgehead atoms. The first kappa shape index (κ1) is 13.8. The minimum Gasteiger partial charge on any atom is -0.460 e. The Hall–Kier alpha value is -1.20. The van der Waals surface area contributed by atoms with Crippen molar-refractivity contribution in [2.24, 2.45) is 0 Å². The summed E-state index contributed by atoms with van der Waals surface area (Å²) in [5, 5.41) is 10.7. The first-order valence-corrected chi connectivity index (χ1v) is 8.09. The molecule has 0 spiro atoms. The number of thioether (sulfide) groups is 1. The van der Waals surface area contributed by atoms with Crippen molar-refractivity contribution in [2.45, 2.75) is 38.0 Å². The van der Waals surface area contributed by atoms with Crippen molar-refractivity contribution in [1.29, 1.82) is 0 Å². The van der Waals surface area contributed by atoms with Crippen LogP contribution in [0.15, 0.2) is 22.7 Å². The molecule has 1 fully saturated rings. The summed E-state index contributed by atoms with van der Waals surface area (Å²) in [5.74, 6) is 3.07. The van der Waals surface area contributed by atoms with Crippen molar-refractivity contribution in [3.8, 4) is 11.5 Å². The van der Waals surface area contributed by atoms with Gasteiger partial charge in [0.05, 0.1) is 6.20 Å². The molecule has 2 N–H and O–H groups in total. The second-order valence-corrected chi connectivity index (χ2v) is 7.37. The Morgan fingerprint density at radius 1 is 1.50 bits per heavy atom. The van der Waals surface area contributed by atoms with E-state index in [9.17, 15) is 0 Å². The quantitative estimate of drug-likeness (QED) is 0.887. The molecule has 0 aromatic carbocycles. The lowest BCUT2D eigenvalue weighted by Gasteiger charge is -2.22. The van der Waals surface area contributed by atoms with E-state index >= 15 is 0 Å². The fourth-order valence-electron chi connectivity index (χ4n) is 2.67. The minimum atomic E-state index is 0.394. The van der Waals surface area contributed by atoms with E-state index in [2.05, 4.69) is 34.2 Å². The fraction of sp³-hybridized carbons (Fsp3) is 0.533. The van der Waals surface area contributed by atoms with Gasteiger partial charge in [0.2, 0.25) is 0 Å². The first-order chi connectivity index (χ1) is 9.66. The highest BCUT2D eigenvalue weighted by molar-refractivity contribution is 8.00. The third kappa shape index (κ3) is 2.94. The lowest BCUT2D eigenvalue weighted by molar-refractivity contribution is 0.533. The number of rotatable bonds is 5. The third-order valence-electron chi connectivity index (χ3n) is 3.82. The number of hydrogen-bond acceptors (Lipinski definition) is 4. The fourth-order valence-corrected chi connectivity index (χ4v) is 3.94. The zero-order valence-electron chi connectivity index (χ0n) is 12.0. The molecule has 108 valence electrons. The van der Waals surface area contributed by atoms with E-state index in [1.807, 2.05) is 25.3 Å². The zero-order chi connectivity index (χ0) is 14.0. The summed E-state index contributed by atoms with van der Waals surface area (Å²) >= 11 is 2.08. The van der Waals surface area contributed by atoms with Crippen LogP contribution in [-0.2, 0) is 6.54 Å². The lowest BCUT2D eigenvalue weighted by atomic mass is 10.1. The van der Waals surface area contributed by atoms with Crippen LogP contribution in [0.5, 0.6) is 0 Å². The van der Waals surface area contributed by atoms with Gasteiger partial charge in [0, 0.05) is 23.4 Å². The minimum absolute atomic E-state index is 0.394. The number of furan rings is 1. The lowest BCUT2D eigenvalue weighted by Crippen LogP contribution is -2.32. The molecule has 0 saturated carbocycles. The van der Waals surface area contributed by atoms with Gasteiger partial charge in [-0.1, -0.05) is 0 Å². The number of aromatic nitrogens is 2. The largest absolute Gasteiger partial charge is 0.460 e. The van der Waals surface area contributed by atoms with Gasteiger partial charge < -0.3 is 9.73 Å². The van der Waals surface area contributed by atoms with Gasteiger partial charge in [0.25, 0.3) is 0 Å². The maximum Gasteiger partial charge on any atom is 0.152 e. The molecule has 1 atom stereocenters. The van der Waals surface area contributed by atoms with Crippen LogP contribution in [0.1, 0.15) is 31.1 Å². The van der Waals surface area contributed by atoms with E-state index in [0.717, 1.165) is 35.9 Å². The molecule has 1 aliphatic heterocycles. The summed E-state index contributed by atoms with van der Waals surface area (Å²) in [6.45, 7) is 6.17. The molecule has 3 heterocycles. The van der Waals surface area contributed by atoms with E-state index in [1.165, 1.54) is 18.6 Å². The number of nitrogens with one attached hydrogen (secondary N) is 2. The van der Waals surface area contributed by atoms with Gasteiger partial charge in [-0.15, -0.1) is 0 Å². The van der Waals surface area contributed by atoms with Crippen LogP contribution >= 0.6 is 11.8 Å². The van der Waals surface area contributed by atoms with E-state index in [4.69, 9.17) is 4.42 Å². The number of hydrogen-bond donors (Lipinski definition) is 2. The van der Waals surface area contributed by atoms with Crippen molar-refractivity contribution in [3.63, 3.8) is 0 Å². The van der Waals surface area contributed by atoms with E-state index in [-0.39, 0.29) is 0 Å². The SMILES string of the molecule is Cc1ccc(-c2[nH]ncc2CNCC2(C)CCCS2)o1. The van der Waals surface area contributed by atoms with Crippen molar-refractivity contribution < 1.29 is 4.42 Å². The van der Waals surface area contributed by atoms with Crippen molar-refractivity contribution >= 4 is 11.8 Å². The highest BCUT2D eigenvalue weighted by Gasteiger charge is 2.28. The molecular formula is C15H21N3OS. The molecule has 0 aliphatic carbocycles. The highest BCUT2D eigenvalue weighted by Crippen LogP contribution is 2.37. The van der Waals surface area contributed by atoms with Crippen molar-refractivity contribution in [2.75, 3.05) is 12.3 Å². The van der Waals surface area contributed by atoms with Gasteiger partial charge in [0.1, 0.15) is 11.5 Å². The molecule has 1 aliphatic rings. The van der Waals surface area contributed by atoms with Crippen LogP contribution in [0.25, 0.3) is 11.5 Å². The van der Waals surface area contributed by atoms with Gasteiger partial charge >= 0.3 is 0 Å². The van der Waals surface area contributed by atoms with Crippen LogP contribution in [0.4, 0.5) is 0 Å². The molecule has 1 unspecified atom stereocenters. The Labute approximate surface area is 123 Å². The van der Waals surface area contributed by atoms with Gasteiger partial charge in [0.15, 0.2) is 5.76 Å². The molecule has 0 radical (unpaired) electrons.